The maximum Gasteiger partial charge on any atom is 0.323 e. The van der Waals surface area contributed by atoms with Gasteiger partial charge in [0.15, 0.2) is 0 Å². The van der Waals surface area contributed by atoms with E-state index in [1.807, 2.05) is 0 Å². The van der Waals surface area contributed by atoms with E-state index in [1.165, 1.54) is 32.1 Å². The SMILES string of the molecule is Nc1nc(N)nc(OCC2CCCCC2)n1. The fraction of sp³-hybridized carbons (Fsp3) is 0.700. The highest BCUT2D eigenvalue weighted by Crippen LogP contribution is 2.24. The third-order valence-corrected chi connectivity index (χ3v) is 2.82. The van der Waals surface area contributed by atoms with Crippen LogP contribution in [0.1, 0.15) is 32.1 Å². The summed E-state index contributed by atoms with van der Waals surface area (Å²) in [5.74, 6) is 0.810. The van der Waals surface area contributed by atoms with Crippen LogP contribution in [0.4, 0.5) is 11.9 Å². The molecule has 16 heavy (non-hydrogen) atoms. The van der Waals surface area contributed by atoms with Crippen LogP contribution in [0.25, 0.3) is 0 Å². The standard InChI is InChI=1S/C10H17N5O/c11-8-13-9(12)15-10(14-8)16-6-7-4-2-1-3-5-7/h7H,1-6H2,(H4,11,12,13,14,15). The van der Waals surface area contributed by atoms with Crippen molar-refractivity contribution >= 4 is 11.9 Å². The van der Waals surface area contributed by atoms with Crippen molar-refractivity contribution in [1.29, 1.82) is 0 Å². The van der Waals surface area contributed by atoms with Crippen molar-refractivity contribution in [2.75, 3.05) is 18.1 Å². The molecule has 1 saturated carbocycles. The van der Waals surface area contributed by atoms with Gasteiger partial charge in [-0.3, -0.25) is 0 Å². The van der Waals surface area contributed by atoms with E-state index < -0.39 is 0 Å². The van der Waals surface area contributed by atoms with E-state index in [-0.39, 0.29) is 17.9 Å². The fourth-order valence-corrected chi connectivity index (χ4v) is 2.00. The maximum atomic E-state index is 5.48. The van der Waals surface area contributed by atoms with Gasteiger partial charge in [0.1, 0.15) is 0 Å². The van der Waals surface area contributed by atoms with Crippen LogP contribution in [0.15, 0.2) is 0 Å². The molecule has 0 aromatic carbocycles. The van der Waals surface area contributed by atoms with Gasteiger partial charge in [-0.15, -0.1) is 0 Å². The number of ether oxygens (including phenoxy) is 1. The number of aromatic nitrogens is 3. The Bertz CT molecular complexity index is 331. The van der Waals surface area contributed by atoms with Crippen LogP contribution in [0.5, 0.6) is 6.01 Å². The predicted molar refractivity (Wildman–Crippen MR) is 60.7 cm³/mol. The van der Waals surface area contributed by atoms with Gasteiger partial charge < -0.3 is 16.2 Å². The Balaban J connectivity index is 1.88. The van der Waals surface area contributed by atoms with Gasteiger partial charge in [-0.05, 0) is 18.8 Å². The quantitative estimate of drug-likeness (QED) is 0.792. The lowest BCUT2D eigenvalue weighted by Crippen LogP contribution is -2.17. The zero-order valence-corrected chi connectivity index (χ0v) is 9.22. The van der Waals surface area contributed by atoms with Gasteiger partial charge in [-0.25, -0.2) is 0 Å². The zero-order valence-electron chi connectivity index (χ0n) is 9.22. The average molecular weight is 223 g/mol. The summed E-state index contributed by atoms with van der Waals surface area (Å²) in [6, 6.07) is 0.232. The van der Waals surface area contributed by atoms with E-state index in [9.17, 15) is 0 Å². The fourth-order valence-electron chi connectivity index (χ4n) is 2.00. The summed E-state index contributed by atoms with van der Waals surface area (Å²) in [6.45, 7) is 0.642. The van der Waals surface area contributed by atoms with Crippen molar-refractivity contribution in [3.05, 3.63) is 0 Å². The minimum atomic E-state index is 0.103. The van der Waals surface area contributed by atoms with Crippen LogP contribution in [-0.2, 0) is 0 Å². The van der Waals surface area contributed by atoms with Gasteiger partial charge in [-0.1, -0.05) is 19.3 Å². The van der Waals surface area contributed by atoms with Crippen LogP contribution in [0.2, 0.25) is 0 Å². The Morgan fingerprint density at radius 1 is 1.00 bits per heavy atom. The lowest BCUT2D eigenvalue weighted by molar-refractivity contribution is 0.196. The molecule has 1 aromatic heterocycles. The van der Waals surface area contributed by atoms with E-state index in [4.69, 9.17) is 16.2 Å². The molecular formula is C10H17N5O. The number of nitrogens with zero attached hydrogens (tertiary/aromatic N) is 3. The second kappa shape index (κ2) is 4.96. The lowest BCUT2D eigenvalue weighted by atomic mass is 9.90. The number of nitrogens with two attached hydrogens (primary N) is 2. The molecule has 0 atom stereocenters. The van der Waals surface area contributed by atoms with Crippen LogP contribution in [-0.4, -0.2) is 21.6 Å². The molecule has 1 aliphatic rings. The summed E-state index contributed by atoms with van der Waals surface area (Å²) in [7, 11) is 0. The third kappa shape index (κ3) is 2.95. The van der Waals surface area contributed by atoms with Crippen LogP contribution >= 0.6 is 0 Å². The molecule has 1 aliphatic carbocycles. The molecule has 6 nitrogen and oxygen atoms in total. The Morgan fingerprint density at radius 2 is 1.62 bits per heavy atom. The lowest BCUT2D eigenvalue weighted by Gasteiger charge is -2.20. The molecular weight excluding hydrogens is 206 g/mol. The first-order valence-corrected chi connectivity index (χ1v) is 5.64. The predicted octanol–water partition coefficient (Wildman–Crippen LogP) is 0.995. The van der Waals surface area contributed by atoms with Crippen LogP contribution < -0.4 is 16.2 Å². The van der Waals surface area contributed by atoms with Crippen LogP contribution in [0, 0.1) is 5.92 Å². The smallest absolute Gasteiger partial charge is 0.323 e. The Morgan fingerprint density at radius 3 is 2.25 bits per heavy atom. The van der Waals surface area contributed by atoms with Crippen molar-refractivity contribution in [2.24, 2.45) is 5.92 Å². The van der Waals surface area contributed by atoms with E-state index >= 15 is 0 Å². The van der Waals surface area contributed by atoms with Gasteiger partial charge >= 0.3 is 6.01 Å². The van der Waals surface area contributed by atoms with Crippen LogP contribution in [0.3, 0.4) is 0 Å². The summed E-state index contributed by atoms with van der Waals surface area (Å²) in [4.78, 5) is 11.4. The normalized spacial score (nSPS) is 17.2. The van der Waals surface area contributed by atoms with Gasteiger partial charge in [-0.2, -0.15) is 15.0 Å². The molecule has 0 saturated heterocycles. The Labute approximate surface area is 94.4 Å². The minimum Gasteiger partial charge on any atom is -0.463 e. The van der Waals surface area contributed by atoms with Gasteiger partial charge in [0.25, 0.3) is 0 Å². The molecule has 0 amide bonds. The number of anilines is 2. The molecule has 0 bridgehead atoms. The Hall–Kier alpha value is -1.59. The van der Waals surface area contributed by atoms with Gasteiger partial charge in [0, 0.05) is 0 Å². The minimum absolute atomic E-state index is 0.103. The summed E-state index contributed by atoms with van der Waals surface area (Å²) in [6.07, 6.45) is 6.35. The number of hydrogen-bond acceptors (Lipinski definition) is 6. The van der Waals surface area contributed by atoms with Crippen molar-refractivity contribution in [2.45, 2.75) is 32.1 Å². The van der Waals surface area contributed by atoms with E-state index in [2.05, 4.69) is 15.0 Å². The summed E-state index contributed by atoms with van der Waals surface area (Å²) >= 11 is 0. The molecule has 2 rings (SSSR count). The number of rotatable bonds is 3. The van der Waals surface area contributed by atoms with Crippen molar-refractivity contribution < 1.29 is 4.74 Å². The molecule has 6 heteroatoms. The van der Waals surface area contributed by atoms with Gasteiger partial charge in [0.05, 0.1) is 6.61 Å². The largest absolute Gasteiger partial charge is 0.463 e. The summed E-state index contributed by atoms with van der Waals surface area (Å²) < 4.78 is 5.48. The summed E-state index contributed by atoms with van der Waals surface area (Å²) in [5.41, 5.74) is 10.9. The average Bonchev–Trinajstić information content (AvgIpc) is 2.27. The molecule has 1 heterocycles. The highest BCUT2D eigenvalue weighted by Gasteiger charge is 2.14. The van der Waals surface area contributed by atoms with Crippen molar-refractivity contribution in [3.63, 3.8) is 0 Å². The second-order valence-corrected chi connectivity index (χ2v) is 4.15. The topological polar surface area (TPSA) is 99.9 Å². The molecule has 0 radical (unpaired) electrons. The van der Waals surface area contributed by atoms with E-state index in [1.54, 1.807) is 0 Å². The molecule has 1 aromatic rings. The maximum absolute atomic E-state index is 5.48. The first-order valence-electron chi connectivity index (χ1n) is 5.64. The zero-order chi connectivity index (χ0) is 11.4. The highest BCUT2D eigenvalue weighted by atomic mass is 16.5. The number of nitrogen functional groups attached to an aromatic ring is 2. The van der Waals surface area contributed by atoms with Crippen molar-refractivity contribution in [1.82, 2.24) is 15.0 Å². The van der Waals surface area contributed by atoms with E-state index in [0.717, 1.165) is 0 Å². The monoisotopic (exact) mass is 223 g/mol. The molecule has 0 unspecified atom stereocenters. The molecule has 88 valence electrons. The molecule has 0 aliphatic heterocycles. The first-order chi connectivity index (χ1) is 7.74. The second-order valence-electron chi connectivity index (χ2n) is 4.15. The first kappa shape index (κ1) is 10.9. The molecule has 1 fully saturated rings. The summed E-state index contributed by atoms with van der Waals surface area (Å²) in [5, 5.41) is 0. The molecule has 0 spiro atoms. The van der Waals surface area contributed by atoms with E-state index in [0.29, 0.717) is 12.5 Å². The highest BCUT2D eigenvalue weighted by molar-refractivity contribution is 5.27. The Kier molecular flexibility index (Phi) is 3.38. The third-order valence-electron chi connectivity index (χ3n) is 2.82. The number of hydrogen-bond donors (Lipinski definition) is 2. The van der Waals surface area contributed by atoms with Gasteiger partial charge in [0.2, 0.25) is 11.9 Å². The molecule has 4 N–H and O–H groups in total. The van der Waals surface area contributed by atoms with Crippen molar-refractivity contribution in [3.8, 4) is 6.01 Å².